The lowest BCUT2D eigenvalue weighted by atomic mass is 10.0. The maximum Gasteiger partial charge on any atom is 0.0459 e. The summed E-state index contributed by atoms with van der Waals surface area (Å²) in [6.07, 6.45) is 0. The van der Waals surface area contributed by atoms with E-state index in [1.165, 1.54) is 22.2 Å². The topological polar surface area (TPSA) is 41.8 Å². The third-order valence-electron chi connectivity index (χ3n) is 2.63. The van der Waals surface area contributed by atoms with Gasteiger partial charge in [-0.1, -0.05) is 32.0 Å². The summed E-state index contributed by atoms with van der Waals surface area (Å²) < 4.78 is 0. The molecule has 0 saturated heterocycles. The molecule has 2 rings (SSSR count). The van der Waals surface area contributed by atoms with Crippen molar-refractivity contribution in [3.8, 4) is 0 Å². The van der Waals surface area contributed by atoms with Crippen LogP contribution in [0.4, 0.5) is 0 Å². The quantitative estimate of drug-likeness (QED) is 0.747. The molecule has 2 heteroatoms. The van der Waals surface area contributed by atoms with E-state index in [4.69, 9.17) is 5.73 Å². The van der Waals surface area contributed by atoms with Crippen molar-refractivity contribution in [2.75, 3.05) is 0 Å². The second-order valence-electron chi connectivity index (χ2n) is 3.92. The first kappa shape index (κ1) is 9.28. The Labute approximate surface area is 84.1 Å². The average Bonchev–Trinajstić information content (AvgIpc) is 2.56. The fraction of sp³-hybridized carbons (Fsp3) is 0.333. The Bertz CT molecular complexity index is 441. The Morgan fingerprint density at radius 3 is 2.64 bits per heavy atom. The first-order valence-corrected chi connectivity index (χ1v) is 5.03. The summed E-state index contributed by atoms with van der Waals surface area (Å²) in [6, 6.07) is 8.32. The molecule has 0 aliphatic rings. The minimum absolute atomic E-state index is 0.501. The van der Waals surface area contributed by atoms with Crippen LogP contribution in [0.5, 0.6) is 0 Å². The van der Waals surface area contributed by atoms with Crippen LogP contribution in [0, 0.1) is 0 Å². The van der Waals surface area contributed by atoms with Crippen LogP contribution in [0.15, 0.2) is 24.3 Å². The molecule has 0 saturated carbocycles. The van der Waals surface area contributed by atoms with Crippen molar-refractivity contribution in [2.24, 2.45) is 5.73 Å². The summed E-state index contributed by atoms with van der Waals surface area (Å²) >= 11 is 0. The number of aromatic amines is 1. The van der Waals surface area contributed by atoms with Gasteiger partial charge in [0.05, 0.1) is 0 Å². The van der Waals surface area contributed by atoms with E-state index in [1.54, 1.807) is 0 Å². The lowest BCUT2D eigenvalue weighted by Gasteiger charge is -2.04. The number of nitrogens with two attached hydrogens (primary N) is 1. The number of para-hydroxylation sites is 1. The van der Waals surface area contributed by atoms with Gasteiger partial charge in [0.25, 0.3) is 0 Å². The van der Waals surface area contributed by atoms with Crippen LogP contribution in [0.25, 0.3) is 10.9 Å². The minimum Gasteiger partial charge on any atom is -0.358 e. The lowest BCUT2D eigenvalue weighted by molar-refractivity contribution is 0.814. The molecular weight excluding hydrogens is 172 g/mol. The summed E-state index contributed by atoms with van der Waals surface area (Å²) in [5.41, 5.74) is 9.50. The van der Waals surface area contributed by atoms with Crippen molar-refractivity contribution < 1.29 is 0 Å². The molecule has 2 aromatic rings. The van der Waals surface area contributed by atoms with Gasteiger partial charge in [-0.25, -0.2) is 0 Å². The van der Waals surface area contributed by atoms with Crippen LogP contribution in [0.3, 0.4) is 0 Å². The molecule has 0 atom stereocenters. The molecule has 74 valence electrons. The van der Waals surface area contributed by atoms with Crippen LogP contribution in [-0.4, -0.2) is 4.98 Å². The molecular formula is C12H16N2. The molecule has 2 nitrogen and oxygen atoms in total. The maximum atomic E-state index is 5.78. The predicted octanol–water partition coefficient (Wildman–Crippen LogP) is 2.75. The van der Waals surface area contributed by atoms with Crippen LogP contribution in [0.1, 0.15) is 31.0 Å². The highest BCUT2D eigenvalue weighted by atomic mass is 14.7. The van der Waals surface area contributed by atoms with Crippen LogP contribution >= 0.6 is 0 Å². The molecule has 1 aromatic carbocycles. The molecule has 14 heavy (non-hydrogen) atoms. The first-order chi connectivity index (χ1) is 6.74. The lowest BCUT2D eigenvalue weighted by Crippen LogP contribution is -2.00. The Kier molecular flexibility index (Phi) is 2.30. The van der Waals surface area contributed by atoms with Crippen molar-refractivity contribution in [2.45, 2.75) is 26.3 Å². The fourth-order valence-corrected chi connectivity index (χ4v) is 1.93. The Hall–Kier alpha value is -1.28. The Morgan fingerprint density at radius 2 is 2.00 bits per heavy atom. The number of fused-ring (bicyclic) bond motifs is 1. The number of hydrogen-bond acceptors (Lipinski definition) is 1. The molecule has 0 unspecified atom stereocenters. The van der Waals surface area contributed by atoms with Crippen molar-refractivity contribution >= 4 is 10.9 Å². The van der Waals surface area contributed by atoms with Gasteiger partial charge in [0.1, 0.15) is 0 Å². The summed E-state index contributed by atoms with van der Waals surface area (Å²) in [5.74, 6) is 0.501. The number of H-pyrrole nitrogens is 1. The van der Waals surface area contributed by atoms with Crippen molar-refractivity contribution in [3.63, 3.8) is 0 Å². The van der Waals surface area contributed by atoms with Gasteiger partial charge in [-0.3, -0.25) is 0 Å². The van der Waals surface area contributed by atoms with Crippen molar-refractivity contribution in [1.82, 2.24) is 4.98 Å². The zero-order chi connectivity index (χ0) is 10.1. The van der Waals surface area contributed by atoms with E-state index in [-0.39, 0.29) is 0 Å². The van der Waals surface area contributed by atoms with Gasteiger partial charge in [0, 0.05) is 23.1 Å². The van der Waals surface area contributed by atoms with Gasteiger partial charge in [-0.2, -0.15) is 0 Å². The van der Waals surface area contributed by atoms with E-state index in [0.29, 0.717) is 12.5 Å². The normalized spacial score (nSPS) is 11.4. The van der Waals surface area contributed by atoms with Crippen LogP contribution < -0.4 is 5.73 Å². The minimum atomic E-state index is 0.501. The maximum absolute atomic E-state index is 5.78. The number of nitrogens with one attached hydrogen (secondary N) is 1. The second-order valence-corrected chi connectivity index (χ2v) is 3.92. The molecule has 3 N–H and O–H groups in total. The van der Waals surface area contributed by atoms with Crippen LogP contribution in [-0.2, 0) is 6.54 Å². The van der Waals surface area contributed by atoms with E-state index in [2.05, 4.69) is 37.0 Å². The number of rotatable bonds is 2. The molecule has 1 aromatic heterocycles. The molecule has 0 fully saturated rings. The van der Waals surface area contributed by atoms with Gasteiger partial charge in [0.15, 0.2) is 0 Å². The highest BCUT2D eigenvalue weighted by Gasteiger charge is 2.11. The Morgan fingerprint density at radius 1 is 1.29 bits per heavy atom. The van der Waals surface area contributed by atoms with Gasteiger partial charge in [0.2, 0.25) is 0 Å². The first-order valence-electron chi connectivity index (χ1n) is 5.03. The SMILES string of the molecule is CC(C)c1[nH]c2ccccc2c1CN. The van der Waals surface area contributed by atoms with Crippen molar-refractivity contribution in [3.05, 3.63) is 35.5 Å². The highest BCUT2D eigenvalue weighted by molar-refractivity contribution is 5.84. The van der Waals surface area contributed by atoms with E-state index >= 15 is 0 Å². The molecule has 0 aliphatic carbocycles. The van der Waals surface area contributed by atoms with Crippen molar-refractivity contribution in [1.29, 1.82) is 0 Å². The van der Waals surface area contributed by atoms with Gasteiger partial charge >= 0.3 is 0 Å². The monoisotopic (exact) mass is 188 g/mol. The largest absolute Gasteiger partial charge is 0.358 e. The van der Waals surface area contributed by atoms with E-state index in [9.17, 15) is 0 Å². The molecule has 0 radical (unpaired) electrons. The zero-order valence-electron chi connectivity index (χ0n) is 8.67. The summed E-state index contributed by atoms with van der Waals surface area (Å²) in [4.78, 5) is 3.43. The number of benzene rings is 1. The zero-order valence-corrected chi connectivity index (χ0v) is 8.67. The smallest absolute Gasteiger partial charge is 0.0459 e. The number of aromatic nitrogens is 1. The van der Waals surface area contributed by atoms with E-state index < -0.39 is 0 Å². The summed E-state index contributed by atoms with van der Waals surface area (Å²) in [7, 11) is 0. The third-order valence-corrected chi connectivity index (χ3v) is 2.63. The van der Waals surface area contributed by atoms with Gasteiger partial charge in [-0.15, -0.1) is 0 Å². The third kappa shape index (κ3) is 1.32. The molecule has 0 amide bonds. The molecule has 0 bridgehead atoms. The Balaban J connectivity index is 2.72. The summed E-state index contributed by atoms with van der Waals surface area (Å²) in [5, 5.41) is 1.26. The molecule has 0 aliphatic heterocycles. The predicted molar refractivity (Wildman–Crippen MR) is 60.3 cm³/mol. The molecule has 0 spiro atoms. The fourth-order valence-electron chi connectivity index (χ4n) is 1.93. The standard InChI is InChI=1S/C12H16N2/c1-8(2)12-10(7-13)9-5-3-4-6-11(9)14-12/h3-6,8,14H,7,13H2,1-2H3. The average molecular weight is 188 g/mol. The van der Waals surface area contributed by atoms with Gasteiger partial charge < -0.3 is 10.7 Å². The highest BCUT2D eigenvalue weighted by Crippen LogP contribution is 2.26. The summed E-state index contributed by atoms with van der Waals surface area (Å²) in [6.45, 7) is 4.98. The van der Waals surface area contributed by atoms with E-state index in [1.807, 2.05) is 6.07 Å². The van der Waals surface area contributed by atoms with Gasteiger partial charge in [-0.05, 0) is 17.5 Å². The number of hydrogen-bond donors (Lipinski definition) is 2. The second kappa shape index (κ2) is 3.46. The molecule has 1 heterocycles. The van der Waals surface area contributed by atoms with E-state index in [0.717, 1.165) is 0 Å². The van der Waals surface area contributed by atoms with Crippen LogP contribution in [0.2, 0.25) is 0 Å².